The summed E-state index contributed by atoms with van der Waals surface area (Å²) in [5, 5.41) is 9.02. The first-order chi connectivity index (χ1) is 17.3. The van der Waals surface area contributed by atoms with Crippen LogP contribution in [0.3, 0.4) is 0 Å². The molecule has 0 bridgehead atoms. The molecule has 1 atom stereocenters. The number of urea groups is 1. The third-order valence-electron chi connectivity index (χ3n) is 6.52. The SMILES string of the molecule is CCC(C(=O)NC1CCN(CCNC(=O)Nc2cc(C)nc(C)c2)CC1)c1ccc(OC)c(OC)c1. The molecule has 1 aromatic heterocycles. The van der Waals surface area contributed by atoms with E-state index in [4.69, 9.17) is 9.47 Å². The number of ether oxygens (including phenoxy) is 2. The van der Waals surface area contributed by atoms with Crippen molar-refractivity contribution in [1.82, 2.24) is 20.5 Å². The van der Waals surface area contributed by atoms with Crippen LogP contribution in [0, 0.1) is 13.8 Å². The molecule has 1 fully saturated rings. The standard InChI is InChI=1S/C27H39N5O4/c1-6-23(20-7-8-24(35-4)25(17-20)36-5)26(33)30-21-9-12-32(13-10-21)14-11-28-27(34)31-22-15-18(2)29-19(3)16-22/h7-8,15-17,21,23H,6,9-14H2,1-5H3,(H,30,33)(H2,28,29,31,34). The number of rotatable bonds is 10. The highest BCUT2D eigenvalue weighted by Crippen LogP contribution is 2.32. The molecule has 0 spiro atoms. The Kier molecular flexibility index (Phi) is 9.93. The van der Waals surface area contributed by atoms with Crippen LogP contribution in [0.4, 0.5) is 10.5 Å². The van der Waals surface area contributed by atoms with E-state index in [1.54, 1.807) is 14.2 Å². The highest BCUT2D eigenvalue weighted by atomic mass is 16.5. The second kappa shape index (κ2) is 13.1. The third kappa shape index (κ3) is 7.58. The molecule has 1 unspecified atom stereocenters. The number of amides is 3. The molecule has 0 radical (unpaired) electrons. The number of nitrogens with one attached hydrogen (secondary N) is 3. The maximum atomic E-state index is 13.1. The Morgan fingerprint density at radius 2 is 1.72 bits per heavy atom. The Morgan fingerprint density at radius 1 is 1.06 bits per heavy atom. The molecule has 9 heteroatoms. The zero-order valence-electron chi connectivity index (χ0n) is 22.0. The summed E-state index contributed by atoms with van der Waals surface area (Å²) in [5.41, 5.74) is 3.41. The van der Waals surface area contributed by atoms with E-state index in [0.717, 1.165) is 55.1 Å². The molecule has 3 rings (SSSR count). The van der Waals surface area contributed by atoms with Crippen LogP contribution >= 0.6 is 0 Å². The van der Waals surface area contributed by atoms with Gasteiger partial charge in [-0.1, -0.05) is 13.0 Å². The molecular formula is C27H39N5O4. The number of benzene rings is 1. The second-order valence-corrected chi connectivity index (χ2v) is 9.22. The van der Waals surface area contributed by atoms with Gasteiger partial charge in [-0.15, -0.1) is 0 Å². The van der Waals surface area contributed by atoms with Crippen molar-refractivity contribution in [3.63, 3.8) is 0 Å². The number of likely N-dealkylation sites (tertiary alicyclic amines) is 1. The minimum atomic E-state index is -0.237. The largest absolute Gasteiger partial charge is 0.493 e. The number of aromatic nitrogens is 1. The van der Waals surface area contributed by atoms with Crippen molar-refractivity contribution in [2.75, 3.05) is 45.7 Å². The molecule has 3 amide bonds. The van der Waals surface area contributed by atoms with Crippen molar-refractivity contribution >= 4 is 17.6 Å². The zero-order chi connectivity index (χ0) is 26.1. The van der Waals surface area contributed by atoms with E-state index < -0.39 is 0 Å². The van der Waals surface area contributed by atoms with E-state index in [1.165, 1.54) is 0 Å². The van der Waals surface area contributed by atoms with Crippen LogP contribution in [-0.4, -0.2) is 68.3 Å². The van der Waals surface area contributed by atoms with Crippen LogP contribution in [-0.2, 0) is 4.79 Å². The maximum absolute atomic E-state index is 13.1. The van der Waals surface area contributed by atoms with Crippen molar-refractivity contribution in [2.45, 2.75) is 52.0 Å². The number of methoxy groups -OCH3 is 2. The van der Waals surface area contributed by atoms with Gasteiger partial charge < -0.3 is 30.3 Å². The molecule has 36 heavy (non-hydrogen) atoms. The summed E-state index contributed by atoms with van der Waals surface area (Å²) >= 11 is 0. The number of pyridine rings is 1. The van der Waals surface area contributed by atoms with E-state index >= 15 is 0 Å². The quantitative estimate of drug-likeness (QED) is 0.463. The van der Waals surface area contributed by atoms with Gasteiger partial charge in [0, 0.05) is 49.3 Å². The monoisotopic (exact) mass is 497 g/mol. The number of carbonyl (C=O) groups excluding carboxylic acids is 2. The van der Waals surface area contributed by atoms with Crippen molar-refractivity contribution < 1.29 is 19.1 Å². The predicted octanol–water partition coefficient (Wildman–Crippen LogP) is 3.61. The minimum absolute atomic E-state index is 0.0445. The lowest BCUT2D eigenvalue weighted by Gasteiger charge is -2.33. The van der Waals surface area contributed by atoms with Crippen molar-refractivity contribution in [1.29, 1.82) is 0 Å². The van der Waals surface area contributed by atoms with Crippen molar-refractivity contribution in [2.24, 2.45) is 0 Å². The summed E-state index contributed by atoms with van der Waals surface area (Å²) in [4.78, 5) is 31.9. The Balaban J connectivity index is 1.41. The van der Waals surface area contributed by atoms with E-state index in [0.29, 0.717) is 24.5 Å². The molecule has 0 aliphatic carbocycles. The number of aryl methyl sites for hydroxylation is 2. The maximum Gasteiger partial charge on any atom is 0.319 e. The first kappa shape index (κ1) is 27.3. The number of carbonyl (C=O) groups is 2. The molecule has 0 saturated carbocycles. The van der Waals surface area contributed by atoms with Crippen LogP contribution in [0.1, 0.15) is 49.1 Å². The molecule has 2 aromatic rings. The first-order valence-electron chi connectivity index (χ1n) is 12.6. The fourth-order valence-corrected chi connectivity index (χ4v) is 4.65. The fraction of sp³-hybridized carbons (Fsp3) is 0.519. The number of hydrogen-bond donors (Lipinski definition) is 3. The highest BCUT2D eigenvalue weighted by molar-refractivity contribution is 5.89. The van der Waals surface area contributed by atoms with Crippen LogP contribution in [0.15, 0.2) is 30.3 Å². The molecule has 3 N–H and O–H groups in total. The number of piperidine rings is 1. The Bertz CT molecular complexity index is 1020. The molecule has 1 saturated heterocycles. The normalized spacial score (nSPS) is 15.1. The summed E-state index contributed by atoms with van der Waals surface area (Å²) in [7, 11) is 3.20. The van der Waals surface area contributed by atoms with Crippen molar-refractivity contribution in [3.8, 4) is 11.5 Å². The topological polar surface area (TPSA) is 105 Å². The molecule has 2 heterocycles. The van der Waals surface area contributed by atoms with Gasteiger partial charge in [0.15, 0.2) is 11.5 Å². The summed E-state index contributed by atoms with van der Waals surface area (Å²) in [6.45, 7) is 8.91. The van der Waals surface area contributed by atoms with Crippen LogP contribution in [0.25, 0.3) is 0 Å². The molecule has 1 aromatic carbocycles. The summed E-state index contributed by atoms with van der Waals surface area (Å²) < 4.78 is 10.7. The van der Waals surface area contributed by atoms with Gasteiger partial charge >= 0.3 is 6.03 Å². The summed E-state index contributed by atoms with van der Waals surface area (Å²) in [5.74, 6) is 1.09. The van der Waals surface area contributed by atoms with E-state index in [-0.39, 0.29) is 23.9 Å². The smallest absolute Gasteiger partial charge is 0.319 e. The van der Waals surface area contributed by atoms with Crippen LogP contribution in [0.5, 0.6) is 11.5 Å². The average Bonchev–Trinajstić information content (AvgIpc) is 2.84. The lowest BCUT2D eigenvalue weighted by atomic mass is 9.94. The van der Waals surface area contributed by atoms with E-state index in [1.807, 2.05) is 51.1 Å². The molecule has 196 valence electrons. The second-order valence-electron chi connectivity index (χ2n) is 9.22. The average molecular weight is 498 g/mol. The zero-order valence-corrected chi connectivity index (χ0v) is 22.0. The molecule has 1 aliphatic heterocycles. The Labute approximate surface area is 214 Å². The van der Waals surface area contributed by atoms with Gasteiger partial charge in [0.1, 0.15) is 0 Å². The van der Waals surface area contributed by atoms with Gasteiger partial charge in [-0.2, -0.15) is 0 Å². The minimum Gasteiger partial charge on any atom is -0.493 e. The van der Waals surface area contributed by atoms with E-state index in [9.17, 15) is 9.59 Å². The van der Waals surface area contributed by atoms with Gasteiger partial charge in [0.25, 0.3) is 0 Å². The Hall–Kier alpha value is -3.33. The summed E-state index contributed by atoms with van der Waals surface area (Å²) in [6, 6.07) is 9.28. The summed E-state index contributed by atoms with van der Waals surface area (Å²) in [6.07, 6.45) is 2.47. The fourth-order valence-electron chi connectivity index (χ4n) is 4.65. The van der Waals surface area contributed by atoms with Gasteiger partial charge in [-0.25, -0.2) is 4.79 Å². The van der Waals surface area contributed by atoms with Gasteiger partial charge in [0.2, 0.25) is 5.91 Å². The van der Waals surface area contributed by atoms with Crippen LogP contribution in [0.2, 0.25) is 0 Å². The molecule has 1 aliphatic rings. The van der Waals surface area contributed by atoms with Gasteiger partial charge in [-0.3, -0.25) is 9.78 Å². The lowest BCUT2D eigenvalue weighted by molar-refractivity contribution is -0.123. The number of anilines is 1. The predicted molar refractivity (Wildman–Crippen MR) is 141 cm³/mol. The number of nitrogens with zero attached hydrogens (tertiary/aromatic N) is 2. The third-order valence-corrected chi connectivity index (χ3v) is 6.52. The van der Waals surface area contributed by atoms with Gasteiger partial charge in [0.05, 0.1) is 20.1 Å². The first-order valence-corrected chi connectivity index (χ1v) is 12.6. The van der Waals surface area contributed by atoms with Crippen molar-refractivity contribution in [3.05, 3.63) is 47.3 Å². The molecular weight excluding hydrogens is 458 g/mol. The van der Waals surface area contributed by atoms with Crippen LogP contribution < -0.4 is 25.4 Å². The lowest BCUT2D eigenvalue weighted by Crippen LogP contribution is -2.47. The Morgan fingerprint density at radius 3 is 2.33 bits per heavy atom. The number of hydrogen-bond acceptors (Lipinski definition) is 6. The van der Waals surface area contributed by atoms with E-state index in [2.05, 4.69) is 25.8 Å². The van der Waals surface area contributed by atoms with Gasteiger partial charge in [-0.05, 0) is 62.9 Å². The molecule has 9 nitrogen and oxygen atoms in total. The highest BCUT2D eigenvalue weighted by Gasteiger charge is 2.25.